The molecule has 4 aliphatic rings. The van der Waals surface area contributed by atoms with E-state index in [9.17, 15) is 24.3 Å². The molecule has 0 bridgehead atoms. The van der Waals surface area contributed by atoms with Gasteiger partial charge >= 0.3 is 0 Å². The summed E-state index contributed by atoms with van der Waals surface area (Å²) in [5.74, 6) is -0.402. The van der Waals surface area contributed by atoms with Crippen LogP contribution in [0.15, 0.2) is 77.9 Å². The minimum absolute atomic E-state index is 0.00816. The number of hydrogen-bond acceptors (Lipinski definition) is 8. The summed E-state index contributed by atoms with van der Waals surface area (Å²) < 4.78 is 12.5. The first kappa shape index (κ1) is 35.1. The molecule has 7 rings (SSSR count). The molecule has 268 valence electrons. The van der Waals surface area contributed by atoms with E-state index >= 15 is 0 Å². The number of amides is 3. The molecule has 51 heavy (non-hydrogen) atoms. The van der Waals surface area contributed by atoms with Crippen LogP contribution in [-0.2, 0) is 31.3 Å². The molecule has 0 aromatic heterocycles. The van der Waals surface area contributed by atoms with Crippen molar-refractivity contribution in [1.82, 2.24) is 4.90 Å². The van der Waals surface area contributed by atoms with E-state index in [1.165, 1.54) is 5.01 Å². The standard InChI is InChI=1S/C39H46N4O7Si/c1-25-37(51(3,4)48)34(22-36(46)41-19-9-14-29(41)24-44)50-39(25)31-21-30(49-2)15-17-33(31)42(38(39)47)23-26-10-8-13-28(20-26)43-35(45)18-16-32(40-43)27-11-6-5-7-12-27/h5-8,10-13,15,17,20-21,25,29,34,37,44,48H,9,14,16,18-19,22-24H2,1-4H3/t25-,29-,34+,37-,39+/m0/s1. The number of hydrazone groups is 1. The number of nitrogens with zero attached hydrogens (tertiary/aromatic N) is 4. The predicted molar refractivity (Wildman–Crippen MR) is 196 cm³/mol. The van der Waals surface area contributed by atoms with Crippen LogP contribution in [0.5, 0.6) is 5.75 Å². The SMILES string of the molecule is COc1ccc2c(c1)[C@@]1(O[C@H](CC(=O)N3CCC[C@H]3CO)[C@@H]([Si](C)(C)O)[C@@H]1C)C(=O)N2Cc1cccc(N2N=C(c3ccccc3)CCC2=O)c1. The molecule has 0 unspecified atom stereocenters. The Labute approximate surface area is 299 Å². The van der Waals surface area contributed by atoms with E-state index in [0.717, 1.165) is 29.7 Å². The Morgan fingerprint density at radius 3 is 2.57 bits per heavy atom. The maximum atomic E-state index is 15.0. The molecule has 4 aliphatic heterocycles. The van der Waals surface area contributed by atoms with Crippen molar-refractivity contribution in [3.63, 3.8) is 0 Å². The fraction of sp³-hybridized carbons (Fsp3) is 0.436. The summed E-state index contributed by atoms with van der Waals surface area (Å²) >= 11 is 0. The highest BCUT2D eigenvalue weighted by Gasteiger charge is 2.66. The van der Waals surface area contributed by atoms with E-state index in [-0.39, 0.29) is 43.3 Å². The van der Waals surface area contributed by atoms with Crippen molar-refractivity contribution >= 4 is 43.1 Å². The van der Waals surface area contributed by atoms with E-state index in [0.29, 0.717) is 42.1 Å². The minimum Gasteiger partial charge on any atom is -0.497 e. The van der Waals surface area contributed by atoms with E-state index in [4.69, 9.17) is 14.6 Å². The number of methoxy groups -OCH3 is 1. The van der Waals surface area contributed by atoms with Gasteiger partial charge in [0.05, 0.1) is 55.9 Å². The van der Waals surface area contributed by atoms with Gasteiger partial charge in [0.2, 0.25) is 11.8 Å². The van der Waals surface area contributed by atoms with Crippen LogP contribution in [0.2, 0.25) is 18.6 Å². The Bertz CT molecular complexity index is 1860. The van der Waals surface area contributed by atoms with Gasteiger partial charge < -0.3 is 29.2 Å². The summed E-state index contributed by atoms with van der Waals surface area (Å²) in [6.07, 6.45) is 1.76. The second kappa shape index (κ2) is 13.6. The van der Waals surface area contributed by atoms with Crippen molar-refractivity contribution < 1.29 is 33.8 Å². The highest BCUT2D eigenvalue weighted by molar-refractivity contribution is 6.71. The first-order valence-electron chi connectivity index (χ1n) is 17.8. The number of anilines is 2. The van der Waals surface area contributed by atoms with E-state index < -0.39 is 31.5 Å². The Balaban J connectivity index is 1.22. The molecule has 2 saturated heterocycles. The predicted octanol–water partition coefficient (Wildman–Crippen LogP) is 4.94. The highest BCUT2D eigenvalue weighted by atomic mass is 28.4. The Morgan fingerprint density at radius 1 is 1.06 bits per heavy atom. The Morgan fingerprint density at radius 2 is 1.84 bits per heavy atom. The second-order valence-corrected chi connectivity index (χ2v) is 18.7. The molecular formula is C39H46N4O7Si. The average molecular weight is 711 g/mol. The van der Waals surface area contributed by atoms with Crippen LogP contribution in [-0.4, -0.2) is 79.0 Å². The molecule has 3 aromatic carbocycles. The van der Waals surface area contributed by atoms with Crippen molar-refractivity contribution in [2.75, 3.05) is 30.2 Å². The van der Waals surface area contributed by atoms with Gasteiger partial charge in [0.1, 0.15) is 5.75 Å². The first-order valence-corrected chi connectivity index (χ1v) is 20.8. The maximum absolute atomic E-state index is 15.0. The van der Waals surface area contributed by atoms with Gasteiger partial charge in [-0.25, -0.2) is 5.01 Å². The summed E-state index contributed by atoms with van der Waals surface area (Å²) in [5.41, 5.74) is 2.64. The van der Waals surface area contributed by atoms with E-state index in [1.807, 2.05) is 92.8 Å². The lowest BCUT2D eigenvalue weighted by molar-refractivity contribution is -0.150. The summed E-state index contributed by atoms with van der Waals surface area (Å²) in [4.78, 5) is 56.9. The summed E-state index contributed by atoms with van der Waals surface area (Å²) in [6, 6.07) is 22.6. The highest BCUT2D eigenvalue weighted by Crippen LogP contribution is 2.60. The molecule has 3 amide bonds. The van der Waals surface area contributed by atoms with Crippen molar-refractivity contribution in [2.45, 2.75) is 82.0 Å². The van der Waals surface area contributed by atoms with Crippen LogP contribution in [0.4, 0.5) is 11.4 Å². The van der Waals surface area contributed by atoms with Crippen molar-refractivity contribution in [3.05, 3.63) is 89.5 Å². The molecule has 0 radical (unpaired) electrons. The number of hydrogen-bond donors (Lipinski definition) is 2. The fourth-order valence-corrected chi connectivity index (χ4v) is 11.3. The lowest BCUT2D eigenvalue weighted by Crippen LogP contribution is -2.46. The molecule has 4 heterocycles. The molecule has 1 spiro atoms. The zero-order valence-electron chi connectivity index (χ0n) is 29.6. The minimum atomic E-state index is -3.00. The van der Waals surface area contributed by atoms with Gasteiger partial charge in [-0.15, -0.1) is 0 Å². The lowest BCUT2D eigenvalue weighted by atomic mass is 9.82. The number of carbonyl (C=O) groups excluding carboxylic acids is 3. The molecule has 0 aliphatic carbocycles. The van der Waals surface area contributed by atoms with Gasteiger partial charge in [-0.2, -0.15) is 5.10 Å². The van der Waals surface area contributed by atoms with Crippen LogP contribution >= 0.6 is 0 Å². The van der Waals surface area contributed by atoms with E-state index in [2.05, 4.69) is 0 Å². The smallest absolute Gasteiger partial charge is 0.264 e. The first-order chi connectivity index (χ1) is 24.5. The summed E-state index contributed by atoms with van der Waals surface area (Å²) in [5, 5.41) is 16.1. The number of likely N-dealkylation sites (tertiary alicyclic amines) is 1. The molecule has 12 heteroatoms. The van der Waals surface area contributed by atoms with Crippen LogP contribution in [0.1, 0.15) is 55.7 Å². The topological polar surface area (TPSA) is 132 Å². The van der Waals surface area contributed by atoms with Crippen molar-refractivity contribution in [2.24, 2.45) is 11.0 Å². The normalized spacial score (nSPS) is 26.2. The third-order valence-electron chi connectivity index (χ3n) is 11.1. The van der Waals surface area contributed by atoms with Gasteiger partial charge in [0.25, 0.3) is 5.91 Å². The van der Waals surface area contributed by atoms with Gasteiger partial charge in [0, 0.05) is 36.4 Å². The number of aliphatic hydroxyl groups excluding tert-OH is 1. The van der Waals surface area contributed by atoms with Crippen LogP contribution in [0.3, 0.4) is 0 Å². The Kier molecular flexibility index (Phi) is 9.38. The van der Waals surface area contributed by atoms with Gasteiger partial charge in [-0.3, -0.25) is 14.4 Å². The third-order valence-corrected chi connectivity index (χ3v) is 13.6. The molecule has 2 N–H and O–H groups in total. The maximum Gasteiger partial charge on any atom is 0.264 e. The van der Waals surface area contributed by atoms with Gasteiger partial charge in [-0.1, -0.05) is 49.4 Å². The number of aliphatic hydroxyl groups is 1. The zero-order chi connectivity index (χ0) is 36.1. The second-order valence-electron chi connectivity index (χ2n) is 14.7. The van der Waals surface area contributed by atoms with Crippen molar-refractivity contribution in [1.29, 1.82) is 0 Å². The molecular weight excluding hydrogens is 665 g/mol. The number of fused-ring (bicyclic) bond motifs is 2. The van der Waals surface area contributed by atoms with Crippen LogP contribution in [0.25, 0.3) is 0 Å². The molecule has 0 saturated carbocycles. The molecule has 11 nitrogen and oxygen atoms in total. The fourth-order valence-electron chi connectivity index (χ4n) is 8.74. The van der Waals surface area contributed by atoms with E-state index in [1.54, 1.807) is 16.9 Å². The van der Waals surface area contributed by atoms with Crippen LogP contribution < -0.4 is 14.6 Å². The molecule has 2 fully saturated rings. The average Bonchev–Trinajstić information content (AvgIpc) is 3.79. The lowest BCUT2D eigenvalue weighted by Gasteiger charge is -2.33. The largest absolute Gasteiger partial charge is 0.497 e. The number of benzene rings is 3. The van der Waals surface area contributed by atoms with Gasteiger partial charge in [0.15, 0.2) is 13.9 Å². The zero-order valence-corrected chi connectivity index (χ0v) is 30.6. The summed E-state index contributed by atoms with van der Waals surface area (Å²) in [6.45, 7) is 6.28. The van der Waals surface area contributed by atoms with Gasteiger partial charge in [-0.05, 0) is 67.4 Å². The van der Waals surface area contributed by atoms with Crippen LogP contribution in [0, 0.1) is 5.92 Å². The number of rotatable bonds is 9. The number of ether oxygens (including phenoxy) is 2. The molecule has 3 aromatic rings. The monoisotopic (exact) mass is 710 g/mol. The molecule has 5 atom stereocenters. The Hall–Kier alpha value is -4.36. The quantitative estimate of drug-likeness (QED) is 0.301. The summed E-state index contributed by atoms with van der Waals surface area (Å²) in [7, 11) is -1.43. The number of carbonyl (C=O) groups is 3. The van der Waals surface area contributed by atoms with Crippen molar-refractivity contribution in [3.8, 4) is 5.75 Å². The third kappa shape index (κ3) is 6.17.